The van der Waals surface area contributed by atoms with Crippen LogP contribution in [0.15, 0.2) is 66.7 Å². The smallest absolute Gasteiger partial charge is 0.308 e. The summed E-state index contributed by atoms with van der Waals surface area (Å²) in [5.74, 6) is -0.445. The number of aromatic nitrogens is 1. The van der Waals surface area contributed by atoms with Crippen LogP contribution in [0.3, 0.4) is 0 Å². The van der Waals surface area contributed by atoms with Crippen molar-refractivity contribution in [3.05, 3.63) is 72.3 Å². The molecule has 0 unspecified atom stereocenters. The van der Waals surface area contributed by atoms with Crippen molar-refractivity contribution < 1.29 is 19.1 Å². The molecule has 1 aromatic heterocycles. The van der Waals surface area contributed by atoms with Crippen LogP contribution in [0.1, 0.15) is 25.8 Å². The summed E-state index contributed by atoms with van der Waals surface area (Å²) < 4.78 is 10.6. The number of hydrogen-bond donors (Lipinski definition) is 2. The maximum absolute atomic E-state index is 11.7. The van der Waals surface area contributed by atoms with E-state index in [1.54, 1.807) is 6.92 Å². The van der Waals surface area contributed by atoms with Gasteiger partial charge in [0.2, 0.25) is 5.91 Å². The fourth-order valence-electron chi connectivity index (χ4n) is 3.82. The van der Waals surface area contributed by atoms with E-state index in [0.717, 1.165) is 38.7 Å². The van der Waals surface area contributed by atoms with Crippen LogP contribution in [0.4, 0.5) is 17.1 Å². The van der Waals surface area contributed by atoms with Gasteiger partial charge in [0.25, 0.3) is 0 Å². The molecule has 1 heterocycles. The largest absolute Gasteiger partial charge is 0.466 e. The second-order valence-electron chi connectivity index (χ2n) is 7.85. The van der Waals surface area contributed by atoms with Gasteiger partial charge in [-0.05, 0) is 42.8 Å². The number of carbonyl (C=O) groups is 2. The van der Waals surface area contributed by atoms with Crippen molar-refractivity contribution in [2.75, 3.05) is 23.8 Å². The molecule has 0 radical (unpaired) electrons. The molecule has 0 spiro atoms. The molecular weight excluding hydrogens is 430 g/mol. The molecule has 0 atom stereocenters. The lowest BCUT2D eigenvalue weighted by atomic mass is 10.1. The molecule has 1 amide bonds. The summed E-state index contributed by atoms with van der Waals surface area (Å²) in [6.45, 7) is 4.14. The van der Waals surface area contributed by atoms with E-state index in [0.29, 0.717) is 18.9 Å². The summed E-state index contributed by atoms with van der Waals surface area (Å²) in [4.78, 5) is 28.0. The van der Waals surface area contributed by atoms with Crippen molar-refractivity contribution in [3.8, 4) is 0 Å². The second kappa shape index (κ2) is 10.8. The van der Waals surface area contributed by atoms with E-state index in [9.17, 15) is 9.59 Å². The van der Waals surface area contributed by atoms with Crippen molar-refractivity contribution >= 4 is 50.7 Å². The maximum Gasteiger partial charge on any atom is 0.308 e. The van der Waals surface area contributed by atoms with Gasteiger partial charge >= 0.3 is 5.97 Å². The lowest BCUT2D eigenvalue weighted by molar-refractivity contribution is -0.144. The first kappa shape index (κ1) is 23.2. The van der Waals surface area contributed by atoms with Gasteiger partial charge in [-0.15, -0.1) is 0 Å². The number of rotatable bonds is 9. The van der Waals surface area contributed by atoms with Crippen molar-refractivity contribution in [2.24, 2.45) is 0 Å². The first-order valence-corrected chi connectivity index (χ1v) is 11.2. The minimum atomic E-state index is -0.284. The molecule has 4 aromatic rings. The van der Waals surface area contributed by atoms with Crippen molar-refractivity contribution in [2.45, 2.75) is 26.9 Å². The number of nitrogens with one attached hydrogen (secondary N) is 2. The zero-order valence-electron chi connectivity index (χ0n) is 19.3. The van der Waals surface area contributed by atoms with Crippen LogP contribution in [0.2, 0.25) is 0 Å². The number of nitrogens with zero attached hydrogens (tertiary/aromatic N) is 1. The lowest BCUT2D eigenvalue weighted by Crippen LogP contribution is -2.09. The summed E-state index contributed by atoms with van der Waals surface area (Å²) in [5.41, 5.74) is 5.05. The van der Waals surface area contributed by atoms with Gasteiger partial charge in [-0.2, -0.15) is 0 Å². The van der Waals surface area contributed by atoms with Crippen molar-refractivity contribution in [3.63, 3.8) is 0 Å². The zero-order valence-corrected chi connectivity index (χ0v) is 19.3. The Morgan fingerprint density at radius 3 is 2.21 bits per heavy atom. The molecule has 34 heavy (non-hydrogen) atoms. The number of esters is 1. The minimum Gasteiger partial charge on any atom is -0.466 e. The van der Waals surface area contributed by atoms with Crippen LogP contribution >= 0.6 is 0 Å². The first-order valence-electron chi connectivity index (χ1n) is 11.2. The maximum atomic E-state index is 11.7. The van der Waals surface area contributed by atoms with Crippen molar-refractivity contribution in [1.82, 2.24) is 4.98 Å². The molecule has 7 heteroatoms. The number of pyridine rings is 1. The van der Waals surface area contributed by atoms with Crippen LogP contribution in [-0.4, -0.2) is 30.1 Å². The lowest BCUT2D eigenvalue weighted by Gasteiger charge is -2.16. The SMILES string of the molecule is CCOC(=O)CCOCc1cc(NC(C)=O)cc(Nc2c3ccccc3nc3ccccc23)c1. The van der Waals surface area contributed by atoms with Crippen LogP contribution < -0.4 is 10.6 Å². The highest BCUT2D eigenvalue weighted by atomic mass is 16.5. The number of ether oxygens (including phenoxy) is 2. The average Bonchev–Trinajstić information content (AvgIpc) is 2.81. The molecule has 0 aliphatic rings. The molecule has 4 rings (SSSR count). The Hall–Kier alpha value is -3.97. The zero-order chi connectivity index (χ0) is 23.9. The van der Waals surface area contributed by atoms with E-state index in [1.165, 1.54) is 6.92 Å². The fraction of sp³-hybridized carbons (Fsp3) is 0.222. The molecule has 0 bridgehead atoms. The van der Waals surface area contributed by atoms with E-state index in [2.05, 4.69) is 10.6 Å². The number of hydrogen-bond acceptors (Lipinski definition) is 6. The summed E-state index contributed by atoms with van der Waals surface area (Å²) in [7, 11) is 0. The number of fused-ring (bicyclic) bond motifs is 2. The van der Waals surface area contributed by atoms with E-state index in [-0.39, 0.29) is 24.9 Å². The Morgan fingerprint density at radius 1 is 0.912 bits per heavy atom. The average molecular weight is 458 g/mol. The highest BCUT2D eigenvalue weighted by Gasteiger charge is 2.11. The fourth-order valence-corrected chi connectivity index (χ4v) is 3.82. The van der Waals surface area contributed by atoms with Crippen LogP contribution in [0, 0.1) is 0 Å². The Balaban J connectivity index is 1.64. The van der Waals surface area contributed by atoms with Gasteiger partial charge in [0.1, 0.15) is 0 Å². The van der Waals surface area contributed by atoms with Gasteiger partial charge in [0.15, 0.2) is 0 Å². The third kappa shape index (κ3) is 5.68. The Bertz CT molecular complexity index is 1280. The van der Waals surface area contributed by atoms with Gasteiger partial charge in [-0.1, -0.05) is 36.4 Å². The van der Waals surface area contributed by atoms with Crippen LogP contribution in [0.25, 0.3) is 21.8 Å². The molecule has 0 saturated heterocycles. The molecule has 0 saturated carbocycles. The van der Waals surface area contributed by atoms with Crippen LogP contribution in [0.5, 0.6) is 0 Å². The molecular formula is C27H27N3O4. The Morgan fingerprint density at radius 2 is 1.56 bits per heavy atom. The van der Waals surface area contributed by atoms with E-state index < -0.39 is 0 Å². The molecule has 0 aliphatic heterocycles. The van der Waals surface area contributed by atoms with Gasteiger partial charge in [-0.25, -0.2) is 4.98 Å². The van der Waals surface area contributed by atoms with Gasteiger partial charge < -0.3 is 20.1 Å². The molecule has 174 valence electrons. The quantitative estimate of drug-likeness (QED) is 0.194. The molecule has 0 fully saturated rings. The normalized spacial score (nSPS) is 10.9. The summed E-state index contributed by atoms with van der Waals surface area (Å²) in [6, 6.07) is 21.7. The molecule has 2 N–H and O–H groups in total. The highest BCUT2D eigenvalue weighted by Crippen LogP contribution is 2.34. The molecule has 0 aliphatic carbocycles. The summed E-state index contributed by atoms with van der Waals surface area (Å²) >= 11 is 0. The number of anilines is 3. The standard InChI is InChI=1S/C27H27N3O4/c1-3-34-26(32)12-13-33-17-19-14-20(28-18(2)31)16-21(15-19)29-27-22-8-4-6-10-24(22)30-25-11-7-5-9-23(25)27/h4-11,14-16H,3,12-13,17H2,1-2H3,(H,28,31)(H,29,30). The molecule has 7 nitrogen and oxygen atoms in total. The first-order chi connectivity index (χ1) is 16.5. The van der Waals surface area contributed by atoms with E-state index in [4.69, 9.17) is 14.5 Å². The van der Waals surface area contributed by atoms with Gasteiger partial charge in [0, 0.05) is 29.1 Å². The third-order valence-electron chi connectivity index (χ3n) is 5.19. The Kier molecular flexibility index (Phi) is 7.34. The minimum absolute atomic E-state index is 0.161. The van der Waals surface area contributed by atoms with Crippen molar-refractivity contribution in [1.29, 1.82) is 0 Å². The van der Waals surface area contributed by atoms with Gasteiger partial charge in [0.05, 0.1) is 43.0 Å². The second-order valence-corrected chi connectivity index (χ2v) is 7.85. The van der Waals surface area contributed by atoms with E-state index >= 15 is 0 Å². The number of carbonyl (C=O) groups excluding carboxylic acids is 2. The van der Waals surface area contributed by atoms with Crippen LogP contribution in [-0.2, 0) is 25.7 Å². The predicted molar refractivity (Wildman–Crippen MR) is 134 cm³/mol. The summed E-state index contributed by atoms with van der Waals surface area (Å²) in [6.07, 6.45) is 0.194. The van der Waals surface area contributed by atoms with E-state index in [1.807, 2.05) is 66.7 Å². The number of benzene rings is 3. The monoisotopic (exact) mass is 457 g/mol. The third-order valence-corrected chi connectivity index (χ3v) is 5.19. The Labute approximate surface area is 198 Å². The predicted octanol–water partition coefficient (Wildman–Crippen LogP) is 5.56. The molecule has 3 aromatic carbocycles. The topological polar surface area (TPSA) is 89.5 Å². The number of amides is 1. The highest BCUT2D eigenvalue weighted by molar-refractivity contribution is 6.08. The number of para-hydroxylation sites is 2. The van der Waals surface area contributed by atoms with Gasteiger partial charge in [-0.3, -0.25) is 9.59 Å². The summed E-state index contributed by atoms with van der Waals surface area (Å²) in [5, 5.41) is 8.40.